The molecule has 2 aliphatic heterocycles. The minimum Gasteiger partial charge on any atom is -0.346 e. The average Bonchev–Trinajstić information content (AvgIpc) is 3.59. The number of fused-ring (bicyclic) bond motifs is 6. The number of alkyl halides is 1. The predicted molar refractivity (Wildman–Crippen MR) is 151 cm³/mol. The minimum atomic E-state index is -4.15. The summed E-state index contributed by atoms with van der Waals surface area (Å²) in [7, 11) is 0. The second-order valence-corrected chi connectivity index (χ2v) is 15.5. The first-order valence-corrected chi connectivity index (χ1v) is 17.7. The van der Waals surface area contributed by atoms with Crippen LogP contribution in [0.2, 0.25) is 0 Å². The second kappa shape index (κ2) is 11.4. The third-order valence-electron chi connectivity index (χ3n) is 6.61. The molecule has 0 radical (unpaired) electrons. The normalized spacial score (nSPS) is 33.2. The van der Waals surface area contributed by atoms with E-state index in [1.54, 1.807) is 11.5 Å². The molecule has 16 nitrogen and oxygen atoms in total. The molecular formula is C21H25FN8O8P2S2. The summed E-state index contributed by atoms with van der Waals surface area (Å²) in [6.45, 7) is -5.06. The van der Waals surface area contributed by atoms with Gasteiger partial charge >= 0.3 is 13.4 Å². The maximum atomic E-state index is 16.0. The zero-order valence-electron chi connectivity index (χ0n) is 22.0. The lowest BCUT2D eigenvalue weighted by Gasteiger charge is -2.25. The number of aromatic nitrogens is 8. The van der Waals surface area contributed by atoms with E-state index in [9.17, 15) is 14.6 Å². The first kappa shape index (κ1) is 29.9. The first-order chi connectivity index (χ1) is 19.9. The fourth-order valence-corrected chi connectivity index (χ4v) is 7.27. The number of rotatable bonds is 1. The maximum absolute atomic E-state index is 16.0. The van der Waals surface area contributed by atoms with Crippen LogP contribution < -0.4 is 5.56 Å². The molecule has 6 heterocycles. The van der Waals surface area contributed by atoms with Crippen molar-refractivity contribution in [1.82, 2.24) is 39.0 Å². The fourth-order valence-electron chi connectivity index (χ4n) is 4.73. The molecule has 0 aliphatic carbocycles. The van der Waals surface area contributed by atoms with Gasteiger partial charge in [-0.25, -0.2) is 29.3 Å². The number of aryl methyl sites for hydroxylation is 1. The van der Waals surface area contributed by atoms with E-state index in [0.29, 0.717) is 23.5 Å². The van der Waals surface area contributed by atoms with Crippen LogP contribution in [0.5, 0.6) is 0 Å². The zero-order chi connectivity index (χ0) is 29.8. The Kier molecular flexibility index (Phi) is 8.12. The Morgan fingerprint density at radius 3 is 2.71 bits per heavy atom. The Morgan fingerprint density at radius 2 is 1.90 bits per heavy atom. The van der Waals surface area contributed by atoms with Crippen molar-refractivity contribution in [1.29, 1.82) is 0 Å². The van der Waals surface area contributed by atoms with Crippen molar-refractivity contribution in [3.8, 4) is 0 Å². The topological polar surface area (TPSA) is 194 Å². The first-order valence-electron chi connectivity index (χ1n) is 12.6. The molecular weight excluding hydrogens is 637 g/mol. The summed E-state index contributed by atoms with van der Waals surface area (Å²) in [5, 5.41) is 0. The predicted octanol–water partition coefficient (Wildman–Crippen LogP) is 1.52. The van der Waals surface area contributed by atoms with E-state index in [2.05, 4.69) is 29.9 Å². The van der Waals surface area contributed by atoms with Gasteiger partial charge in [0.1, 0.15) is 42.3 Å². The van der Waals surface area contributed by atoms with Gasteiger partial charge in [-0.3, -0.25) is 13.9 Å². The van der Waals surface area contributed by atoms with Gasteiger partial charge in [-0.15, -0.1) is 0 Å². The minimum absolute atomic E-state index is 0.00363. The van der Waals surface area contributed by atoms with Gasteiger partial charge in [0.2, 0.25) is 0 Å². The molecule has 7 atom stereocenters. The molecule has 1 fully saturated rings. The van der Waals surface area contributed by atoms with Crippen molar-refractivity contribution in [2.24, 2.45) is 5.92 Å². The Bertz CT molecular complexity index is 1800. The molecule has 21 heteroatoms. The molecule has 1 saturated heterocycles. The van der Waals surface area contributed by atoms with Crippen LogP contribution in [-0.2, 0) is 59.6 Å². The van der Waals surface area contributed by atoms with Crippen molar-refractivity contribution in [3.05, 3.63) is 40.9 Å². The van der Waals surface area contributed by atoms with E-state index in [0.717, 1.165) is 0 Å². The summed E-state index contributed by atoms with van der Waals surface area (Å²) in [5.41, 5.74) is 0.506. The highest BCUT2D eigenvalue weighted by atomic mass is 32.5. The number of nitrogens with zero attached hydrogens (tertiary/aromatic N) is 7. The summed E-state index contributed by atoms with van der Waals surface area (Å²) < 4.78 is 47.2. The van der Waals surface area contributed by atoms with E-state index in [-0.39, 0.29) is 36.1 Å². The smallest absolute Gasteiger partial charge is 0.325 e. The van der Waals surface area contributed by atoms with Crippen LogP contribution in [0.4, 0.5) is 4.39 Å². The summed E-state index contributed by atoms with van der Waals surface area (Å²) in [5.74, 6) is 0.390. The maximum Gasteiger partial charge on any atom is 0.325 e. The zero-order valence-corrected chi connectivity index (χ0v) is 25.4. The molecule has 0 saturated carbocycles. The van der Waals surface area contributed by atoms with E-state index in [1.165, 1.54) is 23.4 Å². The van der Waals surface area contributed by atoms with E-state index in [4.69, 9.17) is 46.4 Å². The quantitative estimate of drug-likeness (QED) is 0.248. The van der Waals surface area contributed by atoms with Crippen LogP contribution >= 0.6 is 13.4 Å². The van der Waals surface area contributed by atoms with E-state index < -0.39 is 50.2 Å². The molecule has 0 spiro atoms. The van der Waals surface area contributed by atoms with E-state index >= 15 is 4.39 Å². The summed E-state index contributed by atoms with van der Waals surface area (Å²) in [4.78, 5) is 57.9. The molecule has 42 heavy (non-hydrogen) atoms. The van der Waals surface area contributed by atoms with Crippen molar-refractivity contribution in [2.75, 3.05) is 13.2 Å². The largest absolute Gasteiger partial charge is 0.346 e. The monoisotopic (exact) mass is 662 g/mol. The van der Waals surface area contributed by atoms with Crippen LogP contribution in [-0.4, -0.2) is 80.4 Å². The standard InChI is InChI=1S/C21H25FN8O8P2S2/c1-10-4-29-14(28-12-3-23-8-24-18(12)29)7-36-40(33,42)38-17-15(22)13(6-35-39(32,41)34-5-10)37-21(17)30-9-25-16-19(30)26-11(2)27-20(16)31/h3,8-10,13,15,17,21H,4-7H2,1-2H3,(H,32,41)(H,33,42)(H,26,27,31)/t10-,13+,15+,17+,21+,39?,40?/m0/s1. The lowest BCUT2D eigenvalue weighted by atomic mass is 10.1. The van der Waals surface area contributed by atoms with Gasteiger partial charge in [0, 0.05) is 6.54 Å². The van der Waals surface area contributed by atoms with Gasteiger partial charge in [0.15, 0.2) is 29.2 Å². The molecule has 6 rings (SSSR count). The van der Waals surface area contributed by atoms with Crippen LogP contribution in [0.3, 0.4) is 0 Å². The lowest BCUT2D eigenvalue weighted by molar-refractivity contribution is -0.0463. The summed E-state index contributed by atoms with van der Waals surface area (Å²) in [6.07, 6.45) is -2.08. The molecule has 226 valence electrons. The third kappa shape index (κ3) is 5.96. The number of imidazole rings is 2. The van der Waals surface area contributed by atoms with Crippen molar-refractivity contribution >= 4 is 59.4 Å². The van der Waals surface area contributed by atoms with Gasteiger partial charge in [0.25, 0.3) is 5.56 Å². The highest BCUT2D eigenvalue weighted by Crippen LogP contribution is 2.52. The van der Waals surface area contributed by atoms with Crippen molar-refractivity contribution < 1.29 is 37.0 Å². The third-order valence-corrected chi connectivity index (χ3v) is 9.73. The Balaban J connectivity index is 1.38. The number of hydrogen-bond acceptors (Lipinski definition) is 13. The molecule has 3 N–H and O–H groups in total. The second-order valence-electron chi connectivity index (χ2n) is 9.83. The number of H-pyrrole nitrogens is 1. The molecule has 4 aromatic heterocycles. The van der Waals surface area contributed by atoms with Crippen LogP contribution in [0, 0.1) is 12.8 Å². The number of ether oxygens (including phenoxy) is 1. The fraction of sp³-hybridized carbons (Fsp3) is 0.524. The van der Waals surface area contributed by atoms with Crippen LogP contribution in [0.1, 0.15) is 24.8 Å². The van der Waals surface area contributed by atoms with Crippen molar-refractivity contribution in [3.63, 3.8) is 0 Å². The Hall–Kier alpha value is -2.15. The molecule has 0 amide bonds. The molecule has 2 bridgehead atoms. The number of aromatic amines is 1. The Labute approximate surface area is 246 Å². The molecule has 0 aromatic carbocycles. The summed E-state index contributed by atoms with van der Waals surface area (Å²) >= 11 is 10.4. The van der Waals surface area contributed by atoms with Gasteiger partial charge in [-0.05, 0) is 36.5 Å². The van der Waals surface area contributed by atoms with E-state index in [1.807, 2.05) is 6.92 Å². The SMILES string of the molecule is Cc1nc2c(ncn2[C@@H]2O[C@@H]3COP(O)(=S)OC[C@@H](C)Cn4c(nc5cncnc54)COP(O)(=S)O[C@@H]2[C@@H]3F)c(=O)[nH]1. The average molecular weight is 663 g/mol. The van der Waals surface area contributed by atoms with Crippen molar-refractivity contribution in [2.45, 2.75) is 51.6 Å². The van der Waals surface area contributed by atoms with Gasteiger partial charge in [-0.2, -0.15) is 0 Å². The Morgan fingerprint density at radius 1 is 1.12 bits per heavy atom. The molecule has 4 aromatic rings. The van der Waals surface area contributed by atoms with Gasteiger partial charge in [0.05, 0.1) is 25.7 Å². The van der Waals surface area contributed by atoms with Gasteiger partial charge in [-0.1, -0.05) is 6.92 Å². The molecule has 2 unspecified atom stereocenters. The summed E-state index contributed by atoms with van der Waals surface area (Å²) in [6, 6.07) is 0. The lowest BCUT2D eigenvalue weighted by Crippen LogP contribution is -2.32. The number of nitrogens with one attached hydrogen (secondary N) is 1. The van der Waals surface area contributed by atoms with Gasteiger partial charge < -0.3 is 37.6 Å². The number of halogens is 1. The van der Waals surface area contributed by atoms with Crippen LogP contribution in [0.15, 0.2) is 23.6 Å². The van der Waals surface area contributed by atoms with Crippen LogP contribution in [0.25, 0.3) is 22.3 Å². The molecule has 2 aliphatic rings. The number of hydrogen-bond donors (Lipinski definition) is 3. The highest BCUT2D eigenvalue weighted by molar-refractivity contribution is 8.07. The highest BCUT2D eigenvalue weighted by Gasteiger charge is 2.50.